The van der Waals surface area contributed by atoms with Crippen molar-refractivity contribution >= 4 is 17.6 Å². The van der Waals surface area contributed by atoms with Crippen LogP contribution in [0.25, 0.3) is 0 Å². The van der Waals surface area contributed by atoms with E-state index in [2.05, 4.69) is 53.6 Å². The summed E-state index contributed by atoms with van der Waals surface area (Å²) in [6, 6.07) is 15.4. The zero-order chi connectivity index (χ0) is 26.1. The summed E-state index contributed by atoms with van der Waals surface area (Å²) in [5.41, 5.74) is 2.26. The zero-order valence-corrected chi connectivity index (χ0v) is 22.1. The first-order valence-corrected chi connectivity index (χ1v) is 12.7. The largest absolute Gasteiger partial charge is 0.491 e. The van der Waals surface area contributed by atoms with Gasteiger partial charge in [-0.1, -0.05) is 44.2 Å². The van der Waals surface area contributed by atoms with E-state index < -0.39 is 0 Å². The van der Waals surface area contributed by atoms with E-state index in [0.29, 0.717) is 36.7 Å². The van der Waals surface area contributed by atoms with Gasteiger partial charge in [0.2, 0.25) is 0 Å². The van der Waals surface area contributed by atoms with Crippen LogP contribution in [-0.2, 0) is 11.3 Å². The van der Waals surface area contributed by atoms with Gasteiger partial charge in [0.15, 0.2) is 0 Å². The summed E-state index contributed by atoms with van der Waals surface area (Å²) in [5, 5.41) is 5.63. The minimum absolute atomic E-state index is 0.0785. The van der Waals surface area contributed by atoms with Crippen LogP contribution < -0.4 is 15.4 Å². The predicted octanol–water partition coefficient (Wildman–Crippen LogP) is 4.22. The Hall–Kier alpha value is -3.10. The molecule has 0 fully saturated rings. The Balaban J connectivity index is 1.90. The number of urea groups is 1. The summed E-state index contributed by atoms with van der Waals surface area (Å²) in [6.45, 7) is 9.32. The van der Waals surface area contributed by atoms with Gasteiger partial charge in [-0.3, -0.25) is 9.69 Å². The number of ether oxygens (including phenoxy) is 2. The number of hydrogen-bond acceptors (Lipinski definition) is 5. The van der Waals surface area contributed by atoms with Crippen LogP contribution in [0.2, 0.25) is 0 Å². The van der Waals surface area contributed by atoms with Gasteiger partial charge in [0.25, 0.3) is 5.91 Å². The third-order valence-corrected chi connectivity index (χ3v) is 6.60. The van der Waals surface area contributed by atoms with Gasteiger partial charge in [-0.15, -0.1) is 0 Å². The molecule has 0 bridgehead atoms. The van der Waals surface area contributed by atoms with Gasteiger partial charge in [-0.2, -0.15) is 0 Å². The van der Waals surface area contributed by atoms with Crippen molar-refractivity contribution in [3.63, 3.8) is 0 Å². The monoisotopic (exact) mass is 496 g/mol. The number of methoxy groups -OCH3 is 1. The Morgan fingerprint density at radius 1 is 1.14 bits per heavy atom. The molecule has 0 unspecified atom stereocenters. The molecule has 2 N–H and O–H groups in total. The number of fused-ring (bicyclic) bond motifs is 1. The molecule has 0 spiro atoms. The van der Waals surface area contributed by atoms with E-state index in [1.807, 2.05) is 13.0 Å². The van der Waals surface area contributed by atoms with Gasteiger partial charge in [0.1, 0.15) is 12.4 Å². The van der Waals surface area contributed by atoms with Crippen LogP contribution in [0.5, 0.6) is 5.75 Å². The second-order valence-corrected chi connectivity index (χ2v) is 9.60. The second-order valence-electron chi connectivity index (χ2n) is 9.60. The highest BCUT2D eigenvalue weighted by molar-refractivity contribution is 5.98. The molecule has 3 rings (SSSR count). The number of rotatable bonds is 6. The van der Waals surface area contributed by atoms with Gasteiger partial charge >= 0.3 is 6.03 Å². The molecule has 0 radical (unpaired) electrons. The highest BCUT2D eigenvalue weighted by Gasteiger charge is 2.28. The molecule has 8 nitrogen and oxygen atoms in total. The van der Waals surface area contributed by atoms with E-state index in [9.17, 15) is 9.59 Å². The van der Waals surface area contributed by atoms with Crippen molar-refractivity contribution < 1.29 is 19.1 Å². The first-order chi connectivity index (χ1) is 17.3. The lowest BCUT2D eigenvalue weighted by atomic mass is 10.0. The molecule has 3 atom stereocenters. The van der Waals surface area contributed by atoms with E-state index >= 15 is 0 Å². The molecule has 0 aliphatic carbocycles. The maximum atomic E-state index is 13.4. The normalized spacial score (nSPS) is 21.5. The smallest absolute Gasteiger partial charge is 0.319 e. The van der Waals surface area contributed by atoms with Gasteiger partial charge in [0, 0.05) is 58.1 Å². The standard InChI is InChI=1S/C28H40N4O4/c1-6-14-29-28(34)30-23-12-13-24-25(15-23)36-19-21(3)32(17-22-10-8-7-9-11-22)16-20(2)26(35-5)18-31(4)27(24)33/h7-13,15,20-21,26H,6,14,16-19H2,1-5H3,(H2,29,30,34)/t20-,21+,26-/m0/s1. The molecular weight excluding hydrogens is 456 g/mol. The van der Waals surface area contributed by atoms with Crippen LogP contribution in [0.15, 0.2) is 48.5 Å². The SMILES string of the molecule is CCCNC(=O)Nc1ccc2c(c1)OC[C@@H](C)N(Cc1ccccc1)C[C@H](C)[C@@H](OC)CN(C)C2=O. The lowest BCUT2D eigenvalue weighted by Crippen LogP contribution is -2.46. The van der Waals surface area contributed by atoms with Gasteiger partial charge in [0.05, 0.1) is 11.7 Å². The molecule has 2 aromatic carbocycles. The van der Waals surface area contributed by atoms with Crippen LogP contribution in [0, 0.1) is 5.92 Å². The average Bonchev–Trinajstić information content (AvgIpc) is 2.88. The molecule has 196 valence electrons. The molecule has 36 heavy (non-hydrogen) atoms. The zero-order valence-electron chi connectivity index (χ0n) is 22.1. The van der Waals surface area contributed by atoms with Crippen molar-refractivity contribution in [1.29, 1.82) is 0 Å². The Labute approximate surface area is 214 Å². The van der Waals surface area contributed by atoms with Crippen LogP contribution in [-0.4, -0.2) is 74.3 Å². The maximum absolute atomic E-state index is 13.4. The summed E-state index contributed by atoms with van der Waals surface area (Å²) < 4.78 is 12.1. The van der Waals surface area contributed by atoms with Crippen LogP contribution >= 0.6 is 0 Å². The van der Waals surface area contributed by atoms with Gasteiger partial charge < -0.3 is 25.0 Å². The molecule has 0 saturated carbocycles. The van der Waals surface area contributed by atoms with E-state index in [1.165, 1.54) is 5.56 Å². The number of benzene rings is 2. The van der Waals surface area contributed by atoms with Crippen LogP contribution in [0.1, 0.15) is 43.1 Å². The first-order valence-electron chi connectivity index (χ1n) is 12.7. The number of anilines is 1. The summed E-state index contributed by atoms with van der Waals surface area (Å²) in [5.74, 6) is 0.508. The van der Waals surface area contributed by atoms with Crippen molar-refractivity contribution in [3.8, 4) is 5.75 Å². The summed E-state index contributed by atoms with van der Waals surface area (Å²) in [4.78, 5) is 29.6. The van der Waals surface area contributed by atoms with Crippen molar-refractivity contribution in [1.82, 2.24) is 15.1 Å². The number of carbonyl (C=O) groups is 2. The first kappa shape index (κ1) is 27.5. The van der Waals surface area contributed by atoms with Crippen molar-refractivity contribution in [2.24, 2.45) is 5.92 Å². The maximum Gasteiger partial charge on any atom is 0.319 e. The lowest BCUT2D eigenvalue weighted by Gasteiger charge is -2.36. The van der Waals surface area contributed by atoms with Crippen molar-refractivity contribution in [2.75, 3.05) is 45.7 Å². The molecule has 8 heteroatoms. The van der Waals surface area contributed by atoms with Crippen molar-refractivity contribution in [3.05, 3.63) is 59.7 Å². The molecule has 3 amide bonds. The molecule has 1 aliphatic heterocycles. The van der Waals surface area contributed by atoms with Crippen LogP contribution in [0.4, 0.5) is 10.5 Å². The van der Waals surface area contributed by atoms with E-state index in [-0.39, 0.29) is 30.0 Å². The molecular formula is C28H40N4O4. The minimum Gasteiger partial charge on any atom is -0.491 e. The summed E-state index contributed by atoms with van der Waals surface area (Å²) in [6.07, 6.45) is 0.733. The Bertz CT molecular complexity index is 1000. The van der Waals surface area contributed by atoms with E-state index in [1.54, 1.807) is 37.3 Å². The second kappa shape index (κ2) is 13.3. The summed E-state index contributed by atoms with van der Waals surface area (Å²) in [7, 11) is 3.49. The minimum atomic E-state index is -0.285. The molecule has 0 aromatic heterocycles. The van der Waals surface area contributed by atoms with Gasteiger partial charge in [-0.05, 0) is 37.0 Å². The highest BCUT2D eigenvalue weighted by Crippen LogP contribution is 2.27. The molecule has 1 heterocycles. The lowest BCUT2D eigenvalue weighted by molar-refractivity contribution is 0.00922. The predicted molar refractivity (Wildman–Crippen MR) is 142 cm³/mol. The number of carbonyl (C=O) groups excluding carboxylic acids is 2. The molecule has 1 aliphatic rings. The van der Waals surface area contributed by atoms with Gasteiger partial charge in [-0.25, -0.2) is 4.79 Å². The molecule has 2 aromatic rings. The van der Waals surface area contributed by atoms with E-state index in [0.717, 1.165) is 19.5 Å². The topological polar surface area (TPSA) is 83.1 Å². The third-order valence-electron chi connectivity index (χ3n) is 6.60. The number of likely N-dealkylation sites (N-methyl/N-ethyl adjacent to an activating group) is 1. The number of amides is 3. The Morgan fingerprint density at radius 3 is 2.58 bits per heavy atom. The Kier molecular flexibility index (Phi) is 10.1. The average molecular weight is 497 g/mol. The van der Waals surface area contributed by atoms with E-state index in [4.69, 9.17) is 9.47 Å². The van der Waals surface area contributed by atoms with Crippen LogP contribution in [0.3, 0.4) is 0 Å². The quantitative estimate of drug-likeness (QED) is 0.626. The fourth-order valence-electron chi connectivity index (χ4n) is 4.38. The fraction of sp³-hybridized carbons (Fsp3) is 0.500. The van der Waals surface area contributed by atoms with Crippen molar-refractivity contribution in [2.45, 2.75) is 45.9 Å². The number of hydrogen-bond donors (Lipinski definition) is 2. The number of nitrogens with one attached hydrogen (secondary N) is 2. The fourth-order valence-corrected chi connectivity index (χ4v) is 4.38. The highest BCUT2D eigenvalue weighted by atomic mass is 16.5. The molecule has 0 saturated heterocycles. The third kappa shape index (κ3) is 7.45. The summed E-state index contributed by atoms with van der Waals surface area (Å²) >= 11 is 0. The Morgan fingerprint density at radius 2 is 1.89 bits per heavy atom. The number of nitrogens with zero attached hydrogens (tertiary/aromatic N) is 2.